The van der Waals surface area contributed by atoms with E-state index in [1.165, 1.54) is 0 Å². The predicted octanol–water partition coefficient (Wildman–Crippen LogP) is 3.87. The topological polar surface area (TPSA) is 77.0 Å². The molecular formula is C23H25IN4O3. The van der Waals surface area contributed by atoms with E-state index in [-0.39, 0.29) is 30.8 Å². The number of ether oxygens (including phenoxy) is 3. The quantitative estimate of drug-likeness (QED) is 0.274. The summed E-state index contributed by atoms with van der Waals surface area (Å²) >= 11 is 0. The second-order valence-corrected chi connectivity index (χ2v) is 6.71. The molecule has 0 aliphatic carbocycles. The van der Waals surface area contributed by atoms with E-state index in [0.29, 0.717) is 31.5 Å². The van der Waals surface area contributed by atoms with Crippen molar-refractivity contribution in [2.24, 2.45) is 4.99 Å². The highest BCUT2D eigenvalue weighted by atomic mass is 127. The van der Waals surface area contributed by atoms with Gasteiger partial charge in [-0.05, 0) is 29.3 Å². The molecule has 0 unspecified atom stereocenters. The Morgan fingerprint density at radius 3 is 2.61 bits per heavy atom. The minimum Gasteiger partial charge on any atom is -0.473 e. The highest BCUT2D eigenvalue weighted by Gasteiger charge is 2.13. The number of halogens is 1. The van der Waals surface area contributed by atoms with Crippen molar-refractivity contribution in [1.82, 2.24) is 15.6 Å². The lowest BCUT2D eigenvalue weighted by atomic mass is 10.2. The summed E-state index contributed by atoms with van der Waals surface area (Å²) in [6.07, 6.45) is 1.73. The van der Waals surface area contributed by atoms with Crippen molar-refractivity contribution in [3.8, 4) is 17.4 Å². The van der Waals surface area contributed by atoms with Crippen molar-refractivity contribution >= 4 is 29.9 Å². The van der Waals surface area contributed by atoms with Crippen LogP contribution in [0.3, 0.4) is 0 Å². The fourth-order valence-electron chi connectivity index (χ4n) is 3.05. The number of rotatable bonds is 7. The van der Waals surface area contributed by atoms with Gasteiger partial charge in [-0.2, -0.15) is 0 Å². The van der Waals surface area contributed by atoms with Crippen molar-refractivity contribution in [3.63, 3.8) is 0 Å². The van der Waals surface area contributed by atoms with Crippen LogP contribution in [0, 0.1) is 0 Å². The minimum absolute atomic E-state index is 0. The van der Waals surface area contributed by atoms with E-state index < -0.39 is 0 Å². The molecule has 0 radical (unpaired) electrons. The summed E-state index contributed by atoms with van der Waals surface area (Å²) in [4.78, 5) is 8.67. The molecule has 2 heterocycles. The van der Waals surface area contributed by atoms with Gasteiger partial charge in [0.25, 0.3) is 0 Å². The van der Waals surface area contributed by atoms with Crippen LogP contribution in [0.5, 0.6) is 17.4 Å². The van der Waals surface area contributed by atoms with Gasteiger partial charge in [-0.25, -0.2) is 4.98 Å². The first-order valence-electron chi connectivity index (χ1n) is 9.75. The van der Waals surface area contributed by atoms with Gasteiger partial charge in [-0.15, -0.1) is 24.0 Å². The van der Waals surface area contributed by atoms with Crippen molar-refractivity contribution in [3.05, 3.63) is 83.6 Å². The molecule has 162 valence electrons. The van der Waals surface area contributed by atoms with Crippen molar-refractivity contribution in [2.45, 2.75) is 19.7 Å². The van der Waals surface area contributed by atoms with Crippen LogP contribution in [-0.4, -0.2) is 24.8 Å². The third-order valence-electron chi connectivity index (χ3n) is 4.64. The van der Waals surface area contributed by atoms with E-state index in [1.807, 2.05) is 60.7 Å². The Labute approximate surface area is 198 Å². The summed E-state index contributed by atoms with van der Waals surface area (Å²) in [5.41, 5.74) is 3.14. The van der Waals surface area contributed by atoms with Gasteiger partial charge in [0.2, 0.25) is 12.7 Å². The molecule has 0 saturated carbocycles. The zero-order valence-corrected chi connectivity index (χ0v) is 19.5. The minimum atomic E-state index is 0. The molecule has 31 heavy (non-hydrogen) atoms. The maximum Gasteiger partial charge on any atom is 0.231 e. The summed E-state index contributed by atoms with van der Waals surface area (Å²) in [5, 5.41) is 6.62. The molecule has 0 saturated heterocycles. The number of hydrogen-bond acceptors (Lipinski definition) is 5. The van der Waals surface area contributed by atoms with E-state index in [0.717, 1.165) is 28.2 Å². The van der Waals surface area contributed by atoms with Gasteiger partial charge in [0.15, 0.2) is 17.5 Å². The molecule has 1 aliphatic heterocycles. The van der Waals surface area contributed by atoms with Crippen molar-refractivity contribution in [1.29, 1.82) is 0 Å². The van der Waals surface area contributed by atoms with E-state index >= 15 is 0 Å². The van der Waals surface area contributed by atoms with E-state index in [1.54, 1.807) is 13.2 Å². The molecule has 7 nitrogen and oxygen atoms in total. The SMILES string of the molecule is CN=C(NCc1ccc2c(c1)OCO2)NCc1cccnc1OCc1ccccc1.I. The van der Waals surface area contributed by atoms with E-state index in [4.69, 9.17) is 14.2 Å². The van der Waals surface area contributed by atoms with Crippen molar-refractivity contribution in [2.75, 3.05) is 13.8 Å². The lowest BCUT2D eigenvalue weighted by Crippen LogP contribution is -2.36. The van der Waals surface area contributed by atoms with Crippen LogP contribution in [-0.2, 0) is 19.7 Å². The highest BCUT2D eigenvalue weighted by molar-refractivity contribution is 14.0. The molecule has 2 aromatic carbocycles. The maximum absolute atomic E-state index is 5.92. The van der Waals surface area contributed by atoms with Crippen LogP contribution < -0.4 is 24.8 Å². The van der Waals surface area contributed by atoms with E-state index in [9.17, 15) is 0 Å². The van der Waals surface area contributed by atoms with Gasteiger partial charge in [0, 0.05) is 31.9 Å². The van der Waals surface area contributed by atoms with Gasteiger partial charge >= 0.3 is 0 Å². The van der Waals surface area contributed by atoms with Crippen LogP contribution in [0.2, 0.25) is 0 Å². The summed E-state index contributed by atoms with van der Waals surface area (Å²) < 4.78 is 16.7. The van der Waals surface area contributed by atoms with Crippen LogP contribution in [0.4, 0.5) is 0 Å². The Kier molecular flexibility index (Phi) is 8.34. The summed E-state index contributed by atoms with van der Waals surface area (Å²) in [6, 6.07) is 19.8. The summed E-state index contributed by atoms with van der Waals surface area (Å²) in [5.74, 6) is 2.85. The molecule has 1 aromatic heterocycles. The number of nitrogens with zero attached hydrogens (tertiary/aromatic N) is 2. The summed E-state index contributed by atoms with van der Waals surface area (Å²) in [7, 11) is 1.74. The molecule has 8 heteroatoms. The number of nitrogens with one attached hydrogen (secondary N) is 2. The Morgan fingerprint density at radius 1 is 0.968 bits per heavy atom. The maximum atomic E-state index is 5.92. The molecular weight excluding hydrogens is 507 g/mol. The van der Waals surface area contributed by atoms with Crippen LogP contribution in [0.1, 0.15) is 16.7 Å². The molecule has 0 bridgehead atoms. The first-order valence-corrected chi connectivity index (χ1v) is 9.75. The van der Waals surface area contributed by atoms with Crippen LogP contribution in [0.25, 0.3) is 0 Å². The van der Waals surface area contributed by atoms with Gasteiger partial charge in [0.1, 0.15) is 6.61 Å². The van der Waals surface area contributed by atoms with Crippen molar-refractivity contribution < 1.29 is 14.2 Å². The molecule has 3 aromatic rings. The Hall–Kier alpha value is -3.01. The zero-order chi connectivity index (χ0) is 20.6. The van der Waals surface area contributed by atoms with Gasteiger partial charge < -0.3 is 24.8 Å². The first kappa shape index (κ1) is 22.7. The third-order valence-corrected chi connectivity index (χ3v) is 4.64. The summed E-state index contributed by atoms with van der Waals surface area (Å²) in [6.45, 7) is 1.90. The lowest BCUT2D eigenvalue weighted by Gasteiger charge is -2.14. The number of benzene rings is 2. The Balaban J connectivity index is 0.00000272. The lowest BCUT2D eigenvalue weighted by molar-refractivity contribution is 0.174. The number of guanidine groups is 1. The Bertz CT molecular complexity index is 1010. The van der Waals surface area contributed by atoms with Gasteiger partial charge in [0.05, 0.1) is 0 Å². The number of aliphatic imine (C=N–C) groups is 1. The smallest absolute Gasteiger partial charge is 0.231 e. The number of hydrogen-bond donors (Lipinski definition) is 2. The largest absolute Gasteiger partial charge is 0.473 e. The number of aromatic nitrogens is 1. The van der Waals surface area contributed by atoms with Gasteiger partial charge in [-0.3, -0.25) is 4.99 Å². The van der Waals surface area contributed by atoms with E-state index in [2.05, 4.69) is 20.6 Å². The average Bonchev–Trinajstić information content (AvgIpc) is 3.27. The second kappa shape index (κ2) is 11.4. The highest BCUT2D eigenvalue weighted by Crippen LogP contribution is 2.32. The van der Waals surface area contributed by atoms with Crippen LogP contribution >= 0.6 is 24.0 Å². The Morgan fingerprint density at radius 2 is 1.77 bits per heavy atom. The van der Waals surface area contributed by atoms with Crippen LogP contribution in [0.15, 0.2) is 71.9 Å². The normalized spacial score (nSPS) is 12.1. The molecule has 0 amide bonds. The molecule has 0 fully saturated rings. The second-order valence-electron chi connectivity index (χ2n) is 6.71. The van der Waals surface area contributed by atoms with Gasteiger partial charge in [-0.1, -0.05) is 42.5 Å². The molecule has 2 N–H and O–H groups in total. The fourth-order valence-corrected chi connectivity index (χ4v) is 3.05. The zero-order valence-electron chi connectivity index (χ0n) is 17.2. The number of pyridine rings is 1. The molecule has 0 spiro atoms. The molecule has 0 atom stereocenters. The standard InChI is InChI=1S/C23H24N4O3.HI/c1-24-23(26-13-18-9-10-20-21(12-18)30-16-29-20)27-14-19-8-5-11-25-22(19)28-15-17-6-3-2-4-7-17;/h2-12H,13-16H2,1H3,(H2,24,26,27);1H. The fraction of sp³-hybridized carbons (Fsp3) is 0.217. The average molecular weight is 532 g/mol. The third kappa shape index (κ3) is 6.24. The monoisotopic (exact) mass is 532 g/mol. The molecule has 1 aliphatic rings. The molecule has 4 rings (SSSR count). The first-order chi connectivity index (χ1) is 14.8. The predicted molar refractivity (Wildman–Crippen MR) is 130 cm³/mol. The number of fused-ring (bicyclic) bond motifs is 1.